The first-order valence-electron chi connectivity index (χ1n) is 9.29. The number of hydrogen-bond donors (Lipinski definition) is 1. The summed E-state index contributed by atoms with van der Waals surface area (Å²) in [7, 11) is 0. The average Bonchev–Trinajstić information content (AvgIpc) is 2.70. The highest BCUT2D eigenvalue weighted by Crippen LogP contribution is 2.20. The van der Waals surface area contributed by atoms with Crippen molar-refractivity contribution in [2.75, 3.05) is 38.0 Å². The van der Waals surface area contributed by atoms with Crippen molar-refractivity contribution in [2.24, 2.45) is 0 Å². The van der Waals surface area contributed by atoms with Crippen LogP contribution >= 0.6 is 11.6 Å². The Labute approximate surface area is 164 Å². The van der Waals surface area contributed by atoms with E-state index in [0.717, 1.165) is 39.1 Å². The van der Waals surface area contributed by atoms with Gasteiger partial charge in [-0.25, -0.2) is 4.39 Å². The highest BCUT2D eigenvalue weighted by molar-refractivity contribution is 6.31. The van der Waals surface area contributed by atoms with E-state index in [1.54, 1.807) is 0 Å². The van der Waals surface area contributed by atoms with Crippen LogP contribution in [0.4, 0.5) is 10.1 Å². The van der Waals surface area contributed by atoms with Gasteiger partial charge in [0, 0.05) is 38.4 Å². The number of nitrogens with zero attached hydrogens (tertiary/aromatic N) is 2. The summed E-state index contributed by atoms with van der Waals surface area (Å²) >= 11 is 5.77. The minimum Gasteiger partial charge on any atom is -0.325 e. The molecule has 1 saturated heterocycles. The van der Waals surface area contributed by atoms with E-state index in [4.69, 9.17) is 11.6 Å². The van der Waals surface area contributed by atoms with E-state index < -0.39 is 5.82 Å². The third-order valence-electron chi connectivity index (χ3n) is 5.08. The molecule has 0 bridgehead atoms. The molecule has 0 aromatic heterocycles. The van der Waals surface area contributed by atoms with Gasteiger partial charge in [0.2, 0.25) is 5.91 Å². The van der Waals surface area contributed by atoms with Crippen LogP contribution in [0.5, 0.6) is 0 Å². The summed E-state index contributed by atoms with van der Waals surface area (Å²) in [6.07, 6.45) is 1.04. The molecule has 1 heterocycles. The van der Waals surface area contributed by atoms with Crippen molar-refractivity contribution in [3.8, 4) is 0 Å². The fraction of sp³-hybridized carbons (Fsp3) is 0.381. The zero-order valence-electron chi connectivity index (χ0n) is 15.5. The molecule has 4 nitrogen and oxygen atoms in total. The molecule has 144 valence electrons. The van der Waals surface area contributed by atoms with Gasteiger partial charge in [-0.15, -0.1) is 0 Å². The summed E-state index contributed by atoms with van der Waals surface area (Å²) in [4.78, 5) is 17.1. The van der Waals surface area contributed by atoms with Crippen molar-refractivity contribution in [1.82, 2.24) is 9.80 Å². The van der Waals surface area contributed by atoms with Gasteiger partial charge < -0.3 is 10.2 Å². The summed E-state index contributed by atoms with van der Waals surface area (Å²) in [6, 6.07) is 14.5. The molecular formula is C21H25ClFN3O. The molecule has 1 fully saturated rings. The summed E-state index contributed by atoms with van der Waals surface area (Å²) in [5.41, 5.74) is 1.87. The number of carbonyl (C=O) groups is 1. The molecule has 3 rings (SSSR count). The van der Waals surface area contributed by atoms with Crippen molar-refractivity contribution in [1.29, 1.82) is 0 Å². The Kier molecular flexibility index (Phi) is 6.83. The van der Waals surface area contributed by atoms with E-state index in [0.29, 0.717) is 5.69 Å². The van der Waals surface area contributed by atoms with Gasteiger partial charge >= 0.3 is 0 Å². The van der Waals surface area contributed by atoms with Crippen LogP contribution in [0.2, 0.25) is 5.02 Å². The van der Waals surface area contributed by atoms with Crippen molar-refractivity contribution >= 4 is 23.2 Å². The first kappa shape index (κ1) is 19.8. The molecule has 0 aliphatic carbocycles. The number of nitrogens with one attached hydrogen (secondary N) is 1. The minimum atomic E-state index is -0.491. The van der Waals surface area contributed by atoms with Gasteiger partial charge in [0.25, 0.3) is 0 Å². The quantitative estimate of drug-likeness (QED) is 0.818. The molecule has 1 atom stereocenters. The molecule has 2 aromatic carbocycles. The Morgan fingerprint density at radius 2 is 1.85 bits per heavy atom. The van der Waals surface area contributed by atoms with Gasteiger partial charge in [0.1, 0.15) is 5.82 Å². The van der Waals surface area contributed by atoms with Gasteiger partial charge in [-0.3, -0.25) is 9.69 Å². The molecule has 1 aliphatic rings. The molecule has 1 unspecified atom stereocenters. The van der Waals surface area contributed by atoms with Crippen LogP contribution in [-0.4, -0.2) is 54.5 Å². The topological polar surface area (TPSA) is 35.6 Å². The Morgan fingerprint density at radius 1 is 1.15 bits per heavy atom. The van der Waals surface area contributed by atoms with Gasteiger partial charge in [0.15, 0.2) is 0 Å². The number of amides is 1. The van der Waals surface area contributed by atoms with Crippen molar-refractivity contribution in [2.45, 2.75) is 19.4 Å². The highest BCUT2D eigenvalue weighted by Gasteiger charge is 2.25. The minimum absolute atomic E-state index is 0.00693. The molecule has 0 spiro atoms. The number of carbonyl (C=O) groups excluding carboxylic acids is 1. The van der Waals surface area contributed by atoms with Crippen molar-refractivity contribution in [3.05, 3.63) is 64.9 Å². The smallest absolute Gasteiger partial charge is 0.241 e. The molecule has 1 N–H and O–H groups in total. The zero-order chi connectivity index (χ0) is 19.2. The number of anilines is 1. The normalized spacial score (nSPS) is 16.9. The lowest BCUT2D eigenvalue weighted by Gasteiger charge is -2.37. The number of piperazine rings is 1. The van der Waals surface area contributed by atoms with Crippen LogP contribution < -0.4 is 5.32 Å². The lowest BCUT2D eigenvalue weighted by atomic mass is 10.1. The number of benzene rings is 2. The SMILES string of the molecule is CC(C(=O)Nc1ccc(F)c(Cl)c1)N1CCN(CCc2ccccc2)CC1. The highest BCUT2D eigenvalue weighted by atomic mass is 35.5. The van der Waals surface area contributed by atoms with Crippen molar-refractivity contribution in [3.63, 3.8) is 0 Å². The van der Waals surface area contributed by atoms with Crippen molar-refractivity contribution < 1.29 is 9.18 Å². The van der Waals surface area contributed by atoms with E-state index >= 15 is 0 Å². The predicted octanol–water partition coefficient (Wildman–Crippen LogP) is 3.67. The number of hydrogen-bond acceptors (Lipinski definition) is 3. The Bertz CT molecular complexity index is 763. The lowest BCUT2D eigenvalue weighted by Crippen LogP contribution is -2.53. The molecule has 6 heteroatoms. The fourth-order valence-electron chi connectivity index (χ4n) is 3.29. The van der Waals surface area contributed by atoms with E-state index in [1.165, 1.54) is 23.8 Å². The summed E-state index contributed by atoms with van der Waals surface area (Å²) < 4.78 is 13.2. The van der Waals surface area contributed by atoms with Gasteiger partial charge in [-0.2, -0.15) is 0 Å². The second kappa shape index (κ2) is 9.31. The van der Waals surface area contributed by atoms with Gasteiger partial charge in [0.05, 0.1) is 11.1 Å². The maximum Gasteiger partial charge on any atom is 0.241 e. The third-order valence-corrected chi connectivity index (χ3v) is 5.37. The number of rotatable bonds is 6. The van der Waals surface area contributed by atoms with Crippen LogP contribution in [-0.2, 0) is 11.2 Å². The first-order valence-corrected chi connectivity index (χ1v) is 9.67. The lowest BCUT2D eigenvalue weighted by molar-refractivity contribution is -0.121. The molecule has 0 radical (unpaired) electrons. The maximum absolute atomic E-state index is 13.2. The third kappa shape index (κ3) is 5.51. The van der Waals surface area contributed by atoms with Crippen LogP contribution in [0, 0.1) is 5.82 Å². The second-order valence-electron chi connectivity index (χ2n) is 6.91. The summed E-state index contributed by atoms with van der Waals surface area (Å²) in [6.45, 7) is 6.55. The van der Waals surface area contributed by atoms with Crippen LogP contribution in [0.25, 0.3) is 0 Å². The Morgan fingerprint density at radius 3 is 2.52 bits per heavy atom. The summed E-state index contributed by atoms with van der Waals surface area (Å²) in [5, 5.41) is 2.83. The van der Waals surface area contributed by atoms with Gasteiger partial charge in [-0.05, 0) is 37.1 Å². The zero-order valence-corrected chi connectivity index (χ0v) is 16.3. The molecule has 1 aliphatic heterocycles. The van der Waals surface area contributed by atoms with E-state index in [2.05, 4.69) is 39.4 Å². The molecule has 1 amide bonds. The summed E-state index contributed by atoms with van der Waals surface area (Å²) in [5.74, 6) is -0.593. The van der Waals surface area contributed by atoms with Crippen LogP contribution in [0.1, 0.15) is 12.5 Å². The fourth-order valence-corrected chi connectivity index (χ4v) is 3.47. The maximum atomic E-state index is 13.2. The molecule has 0 saturated carbocycles. The van der Waals surface area contributed by atoms with E-state index in [1.807, 2.05) is 13.0 Å². The van der Waals surface area contributed by atoms with E-state index in [9.17, 15) is 9.18 Å². The molecule has 2 aromatic rings. The average molecular weight is 390 g/mol. The predicted molar refractivity (Wildman–Crippen MR) is 108 cm³/mol. The van der Waals surface area contributed by atoms with Crippen LogP contribution in [0.3, 0.4) is 0 Å². The van der Waals surface area contributed by atoms with Gasteiger partial charge in [-0.1, -0.05) is 41.9 Å². The molecular weight excluding hydrogens is 365 g/mol. The first-order chi connectivity index (χ1) is 13.0. The van der Waals surface area contributed by atoms with Crippen LogP contribution in [0.15, 0.2) is 48.5 Å². The second-order valence-corrected chi connectivity index (χ2v) is 7.31. The Hall–Kier alpha value is -1.95. The monoisotopic (exact) mass is 389 g/mol. The number of halogens is 2. The Balaban J connectivity index is 1.45. The van der Waals surface area contributed by atoms with E-state index in [-0.39, 0.29) is 17.0 Å². The largest absolute Gasteiger partial charge is 0.325 e. The molecule has 27 heavy (non-hydrogen) atoms. The standard InChI is InChI=1S/C21H25ClFN3O/c1-16(21(27)24-18-7-8-20(23)19(22)15-18)26-13-11-25(12-14-26)10-9-17-5-3-2-4-6-17/h2-8,15-16H,9-14H2,1H3,(H,24,27).